The average Bonchev–Trinajstić information content (AvgIpc) is 3.00. The summed E-state index contributed by atoms with van der Waals surface area (Å²) in [6.07, 6.45) is 6.73. The standard InChI is InChI=1S/C35H46N4O5/c1-9-14-42-29-13-12-25-31-30-24(17-21(4)33(41-8)32(30)40)18-26(38(31)7)28(20-37)39(25)27(19-36)22(5)34(43-15-10-2)35(23(29)6)44-16-11-3/h9-11,17,25-28,31,40H,1-3,5,12-16,18-19,36H2,4,6-8H3/b29-23+,35-34-/t25-,26-,27-,28-,31-/m0/s1. The number of benzene rings is 1. The molecular formula is C35H46N4O5. The van der Waals surface area contributed by atoms with Gasteiger partial charge < -0.3 is 29.8 Å². The molecule has 236 valence electrons. The van der Waals surface area contributed by atoms with E-state index in [4.69, 9.17) is 24.7 Å². The summed E-state index contributed by atoms with van der Waals surface area (Å²) in [5.41, 5.74) is 10.6. The molecule has 1 aromatic carbocycles. The van der Waals surface area contributed by atoms with E-state index in [-0.39, 0.29) is 43.6 Å². The minimum atomic E-state index is -0.524. The Morgan fingerprint density at radius 2 is 1.70 bits per heavy atom. The molecule has 0 aliphatic carbocycles. The minimum absolute atomic E-state index is 0.137. The van der Waals surface area contributed by atoms with Gasteiger partial charge in [0.25, 0.3) is 0 Å². The summed E-state index contributed by atoms with van der Waals surface area (Å²) >= 11 is 0. The number of nitrogens with two attached hydrogens (primary N) is 1. The van der Waals surface area contributed by atoms with Gasteiger partial charge >= 0.3 is 0 Å². The normalized spacial score (nSPS) is 29.0. The van der Waals surface area contributed by atoms with Crippen LogP contribution >= 0.6 is 0 Å². The lowest BCUT2D eigenvalue weighted by atomic mass is 9.74. The number of methoxy groups -OCH3 is 1. The maximum atomic E-state index is 11.6. The quantitative estimate of drug-likeness (QED) is 0.340. The number of piperazine rings is 1. The summed E-state index contributed by atoms with van der Waals surface area (Å²) in [5.74, 6) is 2.23. The molecule has 0 aromatic heterocycles. The molecule has 3 heterocycles. The lowest BCUT2D eigenvalue weighted by Crippen LogP contribution is -2.69. The number of likely N-dealkylation sites (N-methyl/N-ethyl adjacent to an activating group) is 1. The van der Waals surface area contributed by atoms with E-state index in [0.717, 1.165) is 22.3 Å². The molecule has 0 unspecified atom stereocenters. The van der Waals surface area contributed by atoms with Gasteiger partial charge in [0.1, 0.15) is 31.6 Å². The molecule has 0 saturated carbocycles. The Bertz CT molecular complexity index is 1410. The fourth-order valence-corrected chi connectivity index (χ4v) is 7.11. The summed E-state index contributed by atoms with van der Waals surface area (Å²) in [6.45, 7) is 20.8. The molecule has 0 amide bonds. The van der Waals surface area contributed by atoms with Crippen LogP contribution in [0.25, 0.3) is 0 Å². The number of phenols is 1. The molecule has 9 nitrogen and oxygen atoms in total. The van der Waals surface area contributed by atoms with Gasteiger partial charge in [-0.05, 0) is 44.9 Å². The number of aromatic hydroxyl groups is 1. The monoisotopic (exact) mass is 602 g/mol. The van der Waals surface area contributed by atoms with Crippen LogP contribution in [-0.4, -0.2) is 79.6 Å². The van der Waals surface area contributed by atoms with Crippen LogP contribution in [0.1, 0.15) is 42.5 Å². The van der Waals surface area contributed by atoms with Crippen molar-refractivity contribution in [1.82, 2.24) is 9.80 Å². The van der Waals surface area contributed by atoms with Crippen LogP contribution in [0.4, 0.5) is 0 Å². The summed E-state index contributed by atoms with van der Waals surface area (Å²) in [4.78, 5) is 4.43. The topological polar surface area (TPSA) is 113 Å². The first kappa shape index (κ1) is 32.9. The third-order valence-electron chi connectivity index (χ3n) is 9.00. The highest BCUT2D eigenvalue weighted by molar-refractivity contribution is 5.58. The molecule has 1 fully saturated rings. The Hall–Kier alpha value is -3.97. The van der Waals surface area contributed by atoms with Crippen LogP contribution < -0.4 is 10.5 Å². The van der Waals surface area contributed by atoms with E-state index in [1.54, 1.807) is 25.3 Å². The van der Waals surface area contributed by atoms with Gasteiger partial charge in [-0.25, -0.2) is 0 Å². The SMILES string of the molecule is C=CCO/C1=C(OCC=C)/C(C)=C(/OCC=C)CC[C@H]2[C@H]3c4c(cc(C)c(OC)c4O)C[C@@H]([C@H](C#N)N2[C@@H](CN)C1=C)N3C. The fourth-order valence-electron chi connectivity index (χ4n) is 7.11. The second-order valence-electron chi connectivity index (χ2n) is 11.4. The molecule has 44 heavy (non-hydrogen) atoms. The van der Waals surface area contributed by atoms with Crippen LogP contribution in [0.2, 0.25) is 0 Å². The Balaban J connectivity index is 2.00. The third-order valence-corrected chi connectivity index (χ3v) is 9.00. The first-order valence-electron chi connectivity index (χ1n) is 15.0. The second kappa shape index (κ2) is 14.2. The van der Waals surface area contributed by atoms with E-state index in [1.165, 1.54) is 0 Å². The van der Waals surface area contributed by atoms with Crippen molar-refractivity contribution in [3.8, 4) is 17.6 Å². The van der Waals surface area contributed by atoms with Gasteiger partial charge in [-0.2, -0.15) is 5.26 Å². The predicted molar refractivity (Wildman–Crippen MR) is 172 cm³/mol. The number of aryl methyl sites for hydroxylation is 1. The van der Waals surface area contributed by atoms with Crippen molar-refractivity contribution in [3.63, 3.8) is 0 Å². The Kier molecular flexibility index (Phi) is 10.6. The molecule has 3 aliphatic heterocycles. The average molecular weight is 603 g/mol. The van der Waals surface area contributed by atoms with Gasteiger partial charge in [-0.3, -0.25) is 9.80 Å². The molecule has 1 saturated heterocycles. The smallest absolute Gasteiger partial charge is 0.168 e. The van der Waals surface area contributed by atoms with Crippen LogP contribution in [0.5, 0.6) is 11.5 Å². The highest BCUT2D eigenvalue weighted by Crippen LogP contribution is 2.52. The summed E-state index contributed by atoms with van der Waals surface area (Å²) in [5, 5.41) is 22.4. The minimum Gasteiger partial charge on any atom is -0.504 e. The number of rotatable bonds is 11. The van der Waals surface area contributed by atoms with Crippen molar-refractivity contribution in [1.29, 1.82) is 5.26 Å². The molecule has 0 radical (unpaired) electrons. The lowest BCUT2D eigenvalue weighted by Gasteiger charge is -2.58. The van der Waals surface area contributed by atoms with Gasteiger partial charge in [0.05, 0.1) is 25.3 Å². The molecule has 2 bridgehead atoms. The number of ether oxygens (including phenoxy) is 4. The number of fused-ring (bicyclic) bond motifs is 6. The molecule has 3 aliphatic rings. The largest absolute Gasteiger partial charge is 0.504 e. The van der Waals surface area contributed by atoms with Crippen molar-refractivity contribution in [2.24, 2.45) is 5.73 Å². The van der Waals surface area contributed by atoms with E-state index in [9.17, 15) is 10.4 Å². The van der Waals surface area contributed by atoms with Crippen molar-refractivity contribution < 1.29 is 24.1 Å². The molecule has 1 aromatic rings. The van der Waals surface area contributed by atoms with Crippen LogP contribution in [0, 0.1) is 18.3 Å². The van der Waals surface area contributed by atoms with Crippen LogP contribution in [-0.2, 0) is 20.6 Å². The summed E-state index contributed by atoms with van der Waals surface area (Å²) < 4.78 is 24.4. The number of nitrogens with zero attached hydrogens (tertiary/aromatic N) is 3. The van der Waals surface area contributed by atoms with E-state index >= 15 is 0 Å². The second-order valence-corrected chi connectivity index (χ2v) is 11.4. The molecule has 0 spiro atoms. The first-order valence-corrected chi connectivity index (χ1v) is 15.0. The highest BCUT2D eigenvalue weighted by atomic mass is 16.5. The maximum Gasteiger partial charge on any atom is 0.168 e. The van der Waals surface area contributed by atoms with Crippen molar-refractivity contribution in [3.05, 3.63) is 95.7 Å². The number of allylic oxidation sites excluding steroid dienone is 2. The van der Waals surface area contributed by atoms with Gasteiger partial charge in [-0.1, -0.05) is 50.6 Å². The maximum absolute atomic E-state index is 11.6. The van der Waals surface area contributed by atoms with Crippen LogP contribution in [0.15, 0.2) is 79.0 Å². The van der Waals surface area contributed by atoms with Gasteiger partial charge in [0, 0.05) is 41.8 Å². The zero-order chi connectivity index (χ0) is 32.1. The van der Waals surface area contributed by atoms with E-state index in [1.807, 2.05) is 20.9 Å². The van der Waals surface area contributed by atoms with E-state index in [0.29, 0.717) is 54.5 Å². The van der Waals surface area contributed by atoms with Gasteiger partial charge in [0.15, 0.2) is 23.0 Å². The Labute approximate surface area is 261 Å². The molecular weight excluding hydrogens is 556 g/mol. The number of nitriles is 1. The molecule has 3 N–H and O–H groups in total. The molecule has 4 rings (SSSR count). The van der Waals surface area contributed by atoms with Crippen molar-refractivity contribution in [2.75, 3.05) is 40.5 Å². The number of hydrogen-bond acceptors (Lipinski definition) is 9. The van der Waals surface area contributed by atoms with E-state index in [2.05, 4.69) is 48.3 Å². The summed E-state index contributed by atoms with van der Waals surface area (Å²) in [6, 6.07) is 3.05. The fraction of sp³-hybridized carbons (Fsp3) is 0.457. The molecule has 5 atom stereocenters. The van der Waals surface area contributed by atoms with Crippen molar-refractivity contribution in [2.45, 2.75) is 63.3 Å². The zero-order valence-corrected chi connectivity index (χ0v) is 26.5. The summed E-state index contributed by atoms with van der Waals surface area (Å²) in [7, 11) is 3.60. The first-order chi connectivity index (χ1) is 21.2. The molecule has 9 heteroatoms. The lowest BCUT2D eigenvalue weighted by molar-refractivity contribution is -0.0613. The Morgan fingerprint density at radius 3 is 2.30 bits per heavy atom. The Morgan fingerprint density at radius 1 is 1.07 bits per heavy atom. The number of hydrogen-bond donors (Lipinski definition) is 2. The van der Waals surface area contributed by atoms with Crippen molar-refractivity contribution >= 4 is 0 Å². The number of phenolic OH excluding ortho intramolecular Hbond substituents is 1. The van der Waals surface area contributed by atoms with Gasteiger partial charge in [0.2, 0.25) is 0 Å². The third kappa shape index (κ3) is 5.77. The highest BCUT2D eigenvalue weighted by Gasteiger charge is 2.54. The van der Waals surface area contributed by atoms with Crippen LogP contribution in [0.3, 0.4) is 0 Å². The zero-order valence-electron chi connectivity index (χ0n) is 26.5. The van der Waals surface area contributed by atoms with Gasteiger partial charge in [-0.15, -0.1) is 0 Å². The predicted octanol–water partition coefficient (Wildman–Crippen LogP) is 4.95. The van der Waals surface area contributed by atoms with E-state index < -0.39 is 12.1 Å².